The fraction of sp³-hybridized carbons (Fsp3) is 0.778. The Morgan fingerprint density at radius 2 is 1.88 bits per heavy atom. The van der Waals surface area contributed by atoms with Gasteiger partial charge in [-0.3, -0.25) is 0 Å². The third kappa shape index (κ3) is 3.71. The van der Waals surface area contributed by atoms with Crippen molar-refractivity contribution >= 4 is 5.95 Å². The van der Waals surface area contributed by atoms with E-state index in [4.69, 9.17) is 9.47 Å². The molecule has 4 heterocycles. The Morgan fingerprint density at radius 1 is 1.04 bits per heavy atom. The Labute approximate surface area is 144 Å². The van der Waals surface area contributed by atoms with Gasteiger partial charge >= 0.3 is 0 Å². The Hall–Kier alpha value is -1.24. The summed E-state index contributed by atoms with van der Waals surface area (Å²) >= 11 is 0. The molecule has 0 aromatic carbocycles. The summed E-state index contributed by atoms with van der Waals surface area (Å²) in [4.78, 5) is 13.8. The lowest BCUT2D eigenvalue weighted by molar-refractivity contribution is 0.0483. The molecular weight excluding hydrogens is 304 g/mol. The summed E-state index contributed by atoms with van der Waals surface area (Å²) in [7, 11) is 0. The van der Waals surface area contributed by atoms with E-state index in [9.17, 15) is 0 Å². The van der Waals surface area contributed by atoms with Gasteiger partial charge in [0.15, 0.2) is 0 Å². The summed E-state index contributed by atoms with van der Waals surface area (Å²) in [6, 6.07) is 1.87. The van der Waals surface area contributed by atoms with Crippen LogP contribution in [0.1, 0.15) is 19.3 Å². The molecule has 4 rings (SSSR count). The molecule has 0 amide bonds. The van der Waals surface area contributed by atoms with Gasteiger partial charge in [-0.2, -0.15) is 0 Å². The fourth-order valence-electron chi connectivity index (χ4n) is 4.34. The normalized spacial score (nSPS) is 29.9. The molecule has 0 N–H and O–H groups in total. The SMILES string of the molecule is c1cnc(N2CCC3(COCCN(CC4CCOCC4)C3)C2)nc1. The van der Waals surface area contributed by atoms with Crippen LogP contribution in [0.2, 0.25) is 0 Å². The van der Waals surface area contributed by atoms with Gasteiger partial charge in [0.05, 0.1) is 13.2 Å². The van der Waals surface area contributed by atoms with Gasteiger partial charge in [-0.25, -0.2) is 9.97 Å². The topological polar surface area (TPSA) is 50.7 Å². The van der Waals surface area contributed by atoms with E-state index in [1.165, 1.54) is 19.4 Å². The quantitative estimate of drug-likeness (QED) is 0.835. The van der Waals surface area contributed by atoms with E-state index in [-0.39, 0.29) is 5.41 Å². The molecule has 1 unspecified atom stereocenters. The van der Waals surface area contributed by atoms with Gasteiger partial charge in [-0.05, 0) is 31.2 Å². The van der Waals surface area contributed by atoms with Gasteiger partial charge in [0.2, 0.25) is 5.95 Å². The molecule has 0 bridgehead atoms. The maximum Gasteiger partial charge on any atom is 0.225 e. The van der Waals surface area contributed by atoms with E-state index in [1.54, 1.807) is 0 Å². The zero-order chi connectivity index (χ0) is 16.2. The molecular formula is C18H28N4O2. The molecule has 0 aliphatic carbocycles. The second-order valence-corrected chi connectivity index (χ2v) is 7.56. The molecule has 6 nitrogen and oxygen atoms in total. The first-order valence-electron chi connectivity index (χ1n) is 9.23. The number of rotatable bonds is 3. The number of aromatic nitrogens is 2. The summed E-state index contributed by atoms with van der Waals surface area (Å²) in [5, 5.41) is 0. The van der Waals surface area contributed by atoms with Gasteiger partial charge in [-0.15, -0.1) is 0 Å². The standard InChI is InChI=1S/C18H28N4O2/c1-5-19-17(20-6-1)22-7-4-18(14-22)13-21(8-11-24-15-18)12-16-2-9-23-10-3-16/h1,5-6,16H,2-4,7-15H2. The summed E-state index contributed by atoms with van der Waals surface area (Å²) in [6.45, 7) is 8.98. The third-order valence-electron chi connectivity index (χ3n) is 5.65. The minimum absolute atomic E-state index is 0.223. The summed E-state index contributed by atoms with van der Waals surface area (Å²) in [6.07, 6.45) is 7.22. The molecule has 1 atom stereocenters. The molecule has 3 aliphatic heterocycles. The molecule has 1 aromatic rings. The van der Waals surface area contributed by atoms with Crippen molar-refractivity contribution in [3.05, 3.63) is 18.5 Å². The third-order valence-corrected chi connectivity index (χ3v) is 5.65. The number of nitrogens with zero attached hydrogens (tertiary/aromatic N) is 4. The molecule has 24 heavy (non-hydrogen) atoms. The van der Waals surface area contributed by atoms with Crippen molar-refractivity contribution < 1.29 is 9.47 Å². The maximum atomic E-state index is 6.00. The lowest BCUT2D eigenvalue weighted by Crippen LogP contribution is -2.43. The second kappa shape index (κ2) is 7.33. The van der Waals surface area contributed by atoms with E-state index in [0.717, 1.165) is 70.9 Å². The van der Waals surface area contributed by atoms with Crippen LogP contribution in [0.4, 0.5) is 5.95 Å². The van der Waals surface area contributed by atoms with Crippen molar-refractivity contribution in [1.82, 2.24) is 14.9 Å². The van der Waals surface area contributed by atoms with Crippen molar-refractivity contribution in [2.75, 3.05) is 64.1 Å². The van der Waals surface area contributed by atoms with Crippen LogP contribution in [0.5, 0.6) is 0 Å². The zero-order valence-electron chi connectivity index (χ0n) is 14.4. The molecule has 0 radical (unpaired) electrons. The molecule has 6 heteroatoms. The summed E-state index contributed by atoms with van der Waals surface area (Å²) < 4.78 is 11.5. The minimum Gasteiger partial charge on any atom is -0.381 e. The Balaban J connectivity index is 1.40. The van der Waals surface area contributed by atoms with Crippen LogP contribution in [-0.4, -0.2) is 74.0 Å². The summed E-state index contributed by atoms with van der Waals surface area (Å²) in [5.41, 5.74) is 0.223. The maximum absolute atomic E-state index is 6.00. The van der Waals surface area contributed by atoms with Gasteiger partial charge in [0.1, 0.15) is 0 Å². The monoisotopic (exact) mass is 332 g/mol. The van der Waals surface area contributed by atoms with Gasteiger partial charge in [0.25, 0.3) is 0 Å². The van der Waals surface area contributed by atoms with Gasteiger partial charge < -0.3 is 19.3 Å². The predicted octanol–water partition coefficient (Wildman–Crippen LogP) is 1.43. The molecule has 3 fully saturated rings. The van der Waals surface area contributed by atoms with E-state index >= 15 is 0 Å². The van der Waals surface area contributed by atoms with Crippen molar-refractivity contribution in [3.8, 4) is 0 Å². The fourth-order valence-corrected chi connectivity index (χ4v) is 4.34. The van der Waals surface area contributed by atoms with Crippen LogP contribution >= 0.6 is 0 Å². The van der Waals surface area contributed by atoms with Crippen LogP contribution in [0.15, 0.2) is 18.5 Å². The summed E-state index contributed by atoms with van der Waals surface area (Å²) in [5.74, 6) is 1.64. The Bertz CT molecular complexity index is 523. The minimum atomic E-state index is 0.223. The van der Waals surface area contributed by atoms with Gasteiger partial charge in [0, 0.05) is 63.7 Å². The first-order chi connectivity index (χ1) is 11.8. The lowest BCUT2D eigenvalue weighted by Gasteiger charge is -2.34. The van der Waals surface area contributed by atoms with Gasteiger partial charge in [-0.1, -0.05) is 0 Å². The smallest absolute Gasteiger partial charge is 0.225 e. The van der Waals surface area contributed by atoms with Crippen molar-refractivity contribution in [1.29, 1.82) is 0 Å². The number of hydrogen-bond acceptors (Lipinski definition) is 6. The highest BCUT2D eigenvalue weighted by molar-refractivity contribution is 5.32. The highest BCUT2D eigenvalue weighted by Crippen LogP contribution is 2.35. The Kier molecular flexibility index (Phi) is 4.96. The van der Waals surface area contributed by atoms with Crippen molar-refractivity contribution in [2.24, 2.45) is 11.3 Å². The second-order valence-electron chi connectivity index (χ2n) is 7.56. The van der Waals surface area contributed by atoms with Crippen LogP contribution in [0.3, 0.4) is 0 Å². The lowest BCUT2D eigenvalue weighted by atomic mass is 9.87. The largest absolute Gasteiger partial charge is 0.381 e. The van der Waals surface area contributed by atoms with E-state index < -0.39 is 0 Å². The van der Waals surface area contributed by atoms with E-state index in [2.05, 4.69) is 19.8 Å². The van der Waals surface area contributed by atoms with Crippen LogP contribution in [0, 0.1) is 11.3 Å². The van der Waals surface area contributed by atoms with Crippen LogP contribution in [0.25, 0.3) is 0 Å². The first-order valence-corrected chi connectivity index (χ1v) is 9.23. The van der Waals surface area contributed by atoms with Crippen molar-refractivity contribution in [3.63, 3.8) is 0 Å². The highest BCUT2D eigenvalue weighted by Gasteiger charge is 2.42. The van der Waals surface area contributed by atoms with E-state index in [0.29, 0.717) is 0 Å². The van der Waals surface area contributed by atoms with Crippen molar-refractivity contribution in [2.45, 2.75) is 19.3 Å². The molecule has 132 valence electrons. The van der Waals surface area contributed by atoms with Crippen LogP contribution in [-0.2, 0) is 9.47 Å². The molecule has 1 spiro atoms. The first kappa shape index (κ1) is 16.2. The average Bonchev–Trinajstić information content (AvgIpc) is 2.94. The molecule has 0 saturated carbocycles. The Morgan fingerprint density at radius 3 is 2.71 bits per heavy atom. The van der Waals surface area contributed by atoms with E-state index in [1.807, 2.05) is 18.5 Å². The zero-order valence-corrected chi connectivity index (χ0v) is 14.4. The molecule has 3 saturated heterocycles. The number of anilines is 1. The van der Waals surface area contributed by atoms with Crippen LogP contribution < -0.4 is 4.90 Å². The molecule has 3 aliphatic rings. The molecule has 1 aromatic heterocycles. The number of hydrogen-bond donors (Lipinski definition) is 0. The highest BCUT2D eigenvalue weighted by atomic mass is 16.5. The number of ether oxygens (including phenoxy) is 2. The predicted molar refractivity (Wildman–Crippen MR) is 92.1 cm³/mol. The average molecular weight is 332 g/mol.